The van der Waals surface area contributed by atoms with Crippen molar-refractivity contribution >= 4 is 23.6 Å². The lowest BCUT2D eigenvalue weighted by molar-refractivity contribution is -0.128. The van der Waals surface area contributed by atoms with Crippen molar-refractivity contribution in [2.45, 2.75) is 25.9 Å². The van der Waals surface area contributed by atoms with Gasteiger partial charge in [-0.1, -0.05) is 11.8 Å². The number of hydrogen-bond donors (Lipinski definition) is 0. The van der Waals surface area contributed by atoms with Crippen molar-refractivity contribution in [3.8, 4) is 0 Å². The summed E-state index contributed by atoms with van der Waals surface area (Å²) in [6, 6.07) is 1.80. The number of nitrogens with zero attached hydrogens (tertiary/aromatic N) is 6. The van der Waals surface area contributed by atoms with Crippen molar-refractivity contribution in [3.63, 3.8) is 0 Å². The number of carbonyl (C=O) groups is 1. The third kappa shape index (κ3) is 4.25. The summed E-state index contributed by atoms with van der Waals surface area (Å²) in [5, 5.41) is 0.672. The molecule has 1 amide bonds. The average Bonchev–Trinajstić information content (AvgIpc) is 2.65. The molecule has 1 fully saturated rings. The highest BCUT2D eigenvalue weighted by Crippen LogP contribution is 2.18. The molecule has 0 N–H and O–H groups in total. The smallest absolute Gasteiger partial charge is 0.233 e. The number of anilines is 1. The summed E-state index contributed by atoms with van der Waals surface area (Å²) in [5.74, 6) is 1.21. The number of rotatable bonds is 4. The number of carbonyl (C=O) groups excluding carboxylic acids is 1. The molecule has 0 saturated carbocycles. The quantitative estimate of drug-likeness (QED) is 0.607. The summed E-state index contributed by atoms with van der Waals surface area (Å²) in [6.07, 6.45) is 3.48. The van der Waals surface area contributed by atoms with Crippen LogP contribution in [0, 0.1) is 20.8 Å². The first-order valence-electron chi connectivity index (χ1n) is 8.29. The molecule has 7 nitrogen and oxygen atoms in total. The van der Waals surface area contributed by atoms with E-state index in [4.69, 9.17) is 0 Å². The van der Waals surface area contributed by atoms with Gasteiger partial charge in [-0.15, -0.1) is 0 Å². The van der Waals surface area contributed by atoms with Crippen molar-refractivity contribution in [2.75, 3.05) is 36.8 Å². The van der Waals surface area contributed by atoms with Gasteiger partial charge < -0.3 is 9.80 Å². The standard InChI is InChI=1S/C17H22N6OS/c1-12-13(2)20-17(21-14(12)3)25-11-15(24)22-7-9-23(10-8-22)16-18-5-4-6-19-16/h4-6H,7-11H2,1-3H3. The van der Waals surface area contributed by atoms with Crippen LogP contribution in [-0.2, 0) is 4.79 Å². The number of piperazine rings is 1. The summed E-state index contributed by atoms with van der Waals surface area (Å²) in [5.41, 5.74) is 3.05. The van der Waals surface area contributed by atoms with E-state index in [9.17, 15) is 4.79 Å². The van der Waals surface area contributed by atoms with Crippen molar-refractivity contribution < 1.29 is 4.79 Å². The van der Waals surface area contributed by atoms with Crippen LogP contribution in [0.4, 0.5) is 5.95 Å². The molecular formula is C17H22N6OS. The van der Waals surface area contributed by atoms with E-state index in [1.54, 1.807) is 18.5 Å². The van der Waals surface area contributed by atoms with Gasteiger partial charge in [-0.25, -0.2) is 19.9 Å². The Bertz CT molecular complexity index is 723. The van der Waals surface area contributed by atoms with Crippen LogP contribution in [0.1, 0.15) is 17.0 Å². The predicted molar refractivity (Wildman–Crippen MR) is 97.8 cm³/mol. The molecule has 3 rings (SSSR count). The Balaban J connectivity index is 1.51. The van der Waals surface area contributed by atoms with Gasteiger partial charge in [0.1, 0.15) is 0 Å². The fourth-order valence-electron chi connectivity index (χ4n) is 2.63. The molecule has 1 aliphatic heterocycles. The van der Waals surface area contributed by atoms with Crippen molar-refractivity contribution in [3.05, 3.63) is 35.4 Å². The number of aromatic nitrogens is 4. The fraction of sp³-hybridized carbons (Fsp3) is 0.471. The molecule has 0 unspecified atom stereocenters. The third-order valence-electron chi connectivity index (χ3n) is 4.40. The number of aryl methyl sites for hydroxylation is 2. The van der Waals surface area contributed by atoms with Crippen LogP contribution in [0.25, 0.3) is 0 Å². The SMILES string of the molecule is Cc1nc(SCC(=O)N2CCN(c3ncccn3)CC2)nc(C)c1C. The fourth-order valence-corrected chi connectivity index (χ4v) is 3.47. The van der Waals surface area contributed by atoms with Crippen LogP contribution < -0.4 is 4.90 Å². The molecule has 0 bridgehead atoms. The van der Waals surface area contributed by atoms with Gasteiger partial charge in [0.05, 0.1) is 5.75 Å². The summed E-state index contributed by atoms with van der Waals surface area (Å²) in [4.78, 5) is 33.9. The van der Waals surface area contributed by atoms with E-state index in [2.05, 4.69) is 24.8 Å². The molecule has 3 heterocycles. The van der Waals surface area contributed by atoms with E-state index in [1.807, 2.05) is 25.7 Å². The second-order valence-electron chi connectivity index (χ2n) is 6.01. The van der Waals surface area contributed by atoms with Gasteiger partial charge >= 0.3 is 0 Å². The average molecular weight is 358 g/mol. The molecule has 1 aliphatic rings. The second-order valence-corrected chi connectivity index (χ2v) is 6.95. The van der Waals surface area contributed by atoms with Gasteiger partial charge in [-0.2, -0.15) is 0 Å². The highest BCUT2D eigenvalue weighted by atomic mass is 32.2. The van der Waals surface area contributed by atoms with E-state index >= 15 is 0 Å². The molecule has 25 heavy (non-hydrogen) atoms. The maximum absolute atomic E-state index is 12.5. The molecule has 2 aromatic rings. The molecule has 1 saturated heterocycles. The molecule has 0 spiro atoms. The van der Waals surface area contributed by atoms with Gasteiger partial charge in [0.2, 0.25) is 11.9 Å². The van der Waals surface area contributed by atoms with Gasteiger partial charge in [-0.3, -0.25) is 4.79 Å². The lowest BCUT2D eigenvalue weighted by atomic mass is 10.2. The first-order chi connectivity index (χ1) is 12.0. The van der Waals surface area contributed by atoms with Crippen LogP contribution in [0.3, 0.4) is 0 Å². The molecule has 0 radical (unpaired) electrons. The third-order valence-corrected chi connectivity index (χ3v) is 5.24. The highest BCUT2D eigenvalue weighted by molar-refractivity contribution is 7.99. The Morgan fingerprint density at radius 2 is 1.64 bits per heavy atom. The Morgan fingerprint density at radius 3 is 2.24 bits per heavy atom. The first-order valence-corrected chi connectivity index (χ1v) is 9.27. The summed E-state index contributed by atoms with van der Waals surface area (Å²) >= 11 is 1.40. The maximum atomic E-state index is 12.5. The van der Waals surface area contributed by atoms with Crippen LogP contribution in [-0.4, -0.2) is 62.7 Å². The van der Waals surface area contributed by atoms with Crippen molar-refractivity contribution in [2.24, 2.45) is 0 Å². The lowest BCUT2D eigenvalue weighted by Crippen LogP contribution is -2.49. The number of amides is 1. The molecule has 0 atom stereocenters. The van der Waals surface area contributed by atoms with Gasteiger partial charge in [-0.05, 0) is 32.4 Å². The zero-order valence-corrected chi connectivity index (χ0v) is 15.6. The summed E-state index contributed by atoms with van der Waals surface area (Å²) < 4.78 is 0. The molecule has 2 aromatic heterocycles. The normalized spacial score (nSPS) is 14.7. The Labute approximate surface area is 151 Å². The van der Waals surface area contributed by atoms with Crippen LogP contribution in [0.2, 0.25) is 0 Å². The molecule has 0 aromatic carbocycles. The van der Waals surface area contributed by atoms with Gasteiger partial charge in [0, 0.05) is 50.0 Å². The predicted octanol–water partition coefficient (Wildman–Crippen LogP) is 1.63. The zero-order chi connectivity index (χ0) is 17.8. The Kier molecular flexibility index (Phi) is 5.47. The largest absolute Gasteiger partial charge is 0.338 e. The van der Waals surface area contributed by atoms with Crippen LogP contribution in [0.15, 0.2) is 23.6 Å². The van der Waals surface area contributed by atoms with E-state index in [0.717, 1.165) is 36.0 Å². The van der Waals surface area contributed by atoms with Crippen molar-refractivity contribution in [1.82, 2.24) is 24.8 Å². The minimum atomic E-state index is 0.123. The van der Waals surface area contributed by atoms with Crippen LogP contribution >= 0.6 is 11.8 Å². The highest BCUT2D eigenvalue weighted by Gasteiger charge is 2.22. The van der Waals surface area contributed by atoms with E-state index < -0.39 is 0 Å². The van der Waals surface area contributed by atoms with Gasteiger partial charge in [0.25, 0.3) is 0 Å². The number of thioether (sulfide) groups is 1. The monoisotopic (exact) mass is 358 g/mol. The number of hydrogen-bond acceptors (Lipinski definition) is 7. The summed E-state index contributed by atoms with van der Waals surface area (Å²) in [6.45, 7) is 8.83. The minimum absolute atomic E-state index is 0.123. The van der Waals surface area contributed by atoms with Gasteiger partial charge in [0.15, 0.2) is 5.16 Å². The first kappa shape index (κ1) is 17.6. The zero-order valence-electron chi connectivity index (χ0n) is 14.8. The summed E-state index contributed by atoms with van der Waals surface area (Å²) in [7, 11) is 0. The Hall–Kier alpha value is -2.22. The molecule has 132 valence electrons. The lowest BCUT2D eigenvalue weighted by Gasteiger charge is -2.34. The molecular weight excluding hydrogens is 336 g/mol. The van der Waals surface area contributed by atoms with E-state index in [-0.39, 0.29) is 5.91 Å². The van der Waals surface area contributed by atoms with E-state index in [1.165, 1.54) is 11.8 Å². The molecule has 8 heteroatoms. The van der Waals surface area contributed by atoms with Crippen molar-refractivity contribution in [1.29, 1.82) is 0 Å². The molecule has 0 aliphatic carbocycles. The Morgan fingerprint density at radius 1 is 1.04 bits per heavy atom. The topological polar surface area (TPSA) is 75.1 Å². The second kappa shape index (κ2) is 7.77. The van der Waals surface area contributed by atoms with E-state index in [0.29, 0.717) is 24.0 Å². The maximum Gasteiger partial charge on any atom is 0.233 e. The minimum Gasteiger partial charge on any atom is -0.338 e. The van der Waals surface area contributed by atoms with Crippen LogP contribution in [0.5, 0.6) is 0 Å².